The van der Waals surface area contributed by atoms with Gasteiger partial charge in [0.15, 0.2) is 0 Å². The first kappa shape index (κ1) is 15.7. The van der Waals surface area contributed by atoms with Gasteiger partial charge in [0.25, 0.3) is 0 Å². The zero-order chi connectivity index (χ0) is 15.3. The van der Waals surface area contributed by atoms with Crippen LogP contribution in [-0.4, -0.2) is 39.9 Å². The first-order chi connectivity index (χ1) is 10.1. The molecule has 0 aromatic heterocycles. The van der Waals surface area contributed by atoms with E-state index in [1.807, 2.05) is 36.4 Å². The molecule has 0 heterocycles. The molecule has 5 heteroatoms. The van der Waals surface area contributed by atoms with Crippen molar-refractivity contribution in [3.8, 4) is 11.1 Å². The molecule has 1 N–H and O–H groups in total. The van der Waals surface area contributed by atoms with Gasteiger partial charge in [-0.15, -0.1) is 0 Å². The lowest BCUT2D eigenvalue weighted by Gasteiger charge is -2.17. The fraction of sp³-hybridized carbons (Fsp3) is 0.250. The van der Waals surface area contributed by atoms with Gasteiger partial charge in [-0.1, -0.05) is 42.5 Å². The van der Waals surface area contributed by atoms with E-state index in [2.05, 4.69) is 5.32 Å². The van der Waals surface area contributed by atoms with Crippen LogP contribution in [-0.2, 0) is 10.0 Å². The molecule has 0 amide bonds. The number of likely N-dealkylation sites (N-methyl/N-ethyl adjacent to an activating group) is 2. The minimum atomic E-state index is -3.45. The average molecular weight is 304 g/mol. The summed E-state index contributed by atoms with van der Waals surface area (Å²) in [6.45, 7) is 1.06. The van der Waals surface area contributed by atoms with Crippen molar-refractivity contribution >= 4 is 10.0 Å². The smallest absolute Gasteiger partial charge is 0.242 e. The van der Waals surface area contributed by atoms with E-state index in [0.717, 1.165) is 11.1 Å². The van der Waals surface area contributed by atoms with E-state index >= 15 is 0 Å². The number of nitrogens with zero attached hydrogens (tertiary/aromatic N) is 1. The predicted octanol–water partition coefficient (Wildman–Crippen LogP) is 2.19. The van der Waals surface area contributed by atoms with Crippen LogP contribution < -0.4 is 5.32 Å². The van der Waals surface area contributed by atoms with Gasteiger partial charge in [0.1, 0.15) is 0 Å². The van der Waals surface area contributed by atoms with Crippen molar-refractivity contribution in [2.24, 2.45) is 0 Å². The lowest BCUT2D eigenvalue weighted by atomic mass is 10.1. The average Bonchev–Trinajstić information content (AvgIpc) is 2.53. The van der Waals surface area contributed by atoms with Gasteiger partial charge >= 0.3 is 0 Å². The van der Waals surface area contributed by atoms with E-state index in [4.69, 9.17) is 0 Å². The molecule has 0 saturated carbocycles. The van der Waals surface area contributed by atoms with Crippen LogP contribution in [0.2, 0.25) is 0 Å². The predicted molar refractivity (Wildman–Crippen MR) is 85.6 cm³/mol. The summed E-state index contributed by atoms with van der Waals surface area (Å²) in [7, 11) is -0.0473. The maximum atomic E-state index is 12.5. The first-order valence-corrected chi connectivity index (χ1v) is 8.26. The van der Waals surface area contributed by atoms with E-state index in [9.17, 15) is 8.42 Å². The molecule has 0 bridgehead atoms. The van der Waals surface area contributed by atoms with Crippen molar-refractivity contribution in [2.75, 3.05) is 27.2 Å². The van der Waals surface area contributed by atoms with Crippen LogP contribution in [0, 0.1) is 0 Å². The maximum Gasteiger partial charge on any atom is 0.242 e. The van der Waals surface area contributed by atoms with Crippen molar-refractivity contribution in [3.05, 3.63) is 54.6 Å². The molecule has 2 rings (SSSR count). The first-order valence-electron chi connectivity index (χ1n) is 6.82. The Morgan fingerprint density at radius 3 is 2.33 bits per heavy atom. The van der Waals surface area contributed by atoms with E-state index < -0.39 is 10.0 Å². The van der Waals surface area contributed by atoms with Crippen LogP contribution >= 0.6 is 0 Å². The second-order valence-corrected chi connectivity index (χ2v) is 6.87. The summed E-state index contributed by atoms with van der Waals surface area (Å²) in [6, 6.07) is 16.8. The summed E-state index contributed by atoms with van der Waals surface area (Å²) >= 11 is 0. The number of hydrogen-bond donors (Lipinski definition) is 1. The van der Waals surface area contributed by atoms with Gasteiger partial charge in [0.2, 0.25) is 10.0 Å². The highest BCUT2D eigenvalue weighted by atomic mass is 32.2. The van der Waals surface area contributed by atoms with Crippen LogP contribution in [0.15, 0.2) is 59.5 Å². The highest BCUT2D eigenvalue weighted by Crippen LogP contribution is 2.23. The quantitative estimate of drug-likeness (QED) is 0.890. The number of nitrogens with one attached hydrogen (secondary N) is 1. The summed E-state index contributed by atoms with van der Waals surface area (Å²) in [5.74, 6) is 0. The summed E-state index contributed by atoms with van der Waals surface area (Å²) < 4.78 is 26.4. The molecule has 0 radical (unpaired) electrons. The zero-order valence-electron chi connectivity index (χ0n) is 12.3. The van der Waals surface area contributed by atoms with Crippen molar-refractivity contribution in [1.82, 2.24) is 9.62 Å². The molecule has 21 heavy (non-hydrogen) atoms. The molecule has 0 aliphatic heterocycles. The topological polar surface area (TPSA) is 49.4 Å². The van der Waals surface area contributed by atoms with Crippen molar-refractivity contribution in [3.63, 3.8) is 0 Å². The lowest BCUT2D eigenvalue weighted by molar-refractivity contribution is 0.466. The number of benzene rings is 2. The van der Waals surface area contributed by atoms with Gasteiger partial charge in [-0.25, -0.2) is 8.42 Å². The Morgan fingerprint density at radius 1 is 1.00 bits per heavy atom. The Hall–Kier alpha value is -1.69. The molecule has 0 aliphatic rings. The zero-order valence-corrected chi connectivity index (χ0v) is 13.1. The Labute approximate surface area is 126 Å². The molecule has 2 aromatic carbocycles. The largest absolute Gasteiger partial charge is 0.318 e. The van der Waals surface area contributed by atoms with E-state index in [-0.39, 0.29) is 0 Å². The minimum absolute atomic E-state index is 0.322. The number of rotatable bonds is 6. The highest BCUT2D eigenvalue weighted by Gasteiger charge is 2.20. The third kappa shape index (κ3) is 3.69. The van der Waals surface area contributed by atoms with E-state index in [0.29, 0.717) is 18.0 Å². The molecular weight excluding hydrogens is 284 g/mol. The number of hydrogen-bond acceptors (Lipinski definition) is 3. The normalized spacial score (nSPS) is 11.8. The standard InChI is InChI=1S/C16H20N2O2S/c1-17-11-12-18(2)21(19,20)16-10-6-9-15(13-16)14-7-4-3-5-8-14/h3-10,13,17H,11-12H2,1-2H3. The monoisotopic (exact) mass is 304 g/mol. The third-order valence-electron chi connectivity index (χ3n) is 3.33. The van der Waals surface area contributed by atoms with Gasteiger partial charge in [-0.2, -0.15) is 4.31 Å². The summed E-state index contributed by atoms with van der Waals surface area (Å²) in [5, 5.41) is 2.95. The van der Waals surface area contributed by atoms with Crippen LogP contribution in [0.4, 0.5) is 0 Å². The second kappa shape index (κ2) is 6.85. The molecular formula is C16H20N2O2S. The Morgan fingerprint density at radius 2 is 1.67 bits per heavy atom. The Bertz CT molecular complexity index is 684. The van der Waals surface area contributed by atoms with Gasteiger partial charge in [-0.05, 0) is 30.3 Å². The summed E-state index contributed by atoms with van der Waals surface area (Å²) in [6.07, 6.45) is 0. The van der Waals surface area contributed by atoms with Crippen molar-refractivity contribution in [1.29, 1.82) is 0 Å². The molecule has 2 aromatic rings. The molecule has 112 valence electrons. The lowest BCUT2D eigenvalue weighted by Crippen LogP contribution is -2.32. The molecule has 0 spiro atoms. The molecule has 0 atom stereocenters. The molecule has 0 saturated heterocycles. The maximum absolute atomic E-state index is 12.5. The Kier molecular flexibility index (Phi) is 5.12. The highest BCUT2D eigenvalue weighted by molar-refractivity contribution is 7.89. The van der Waals surface area contributed by atoms with Gasteiger partial charge < -0.3 is 5.32 Å². The van der Waals surface area contributed by atoms with Crippen LogP contribution in [0.3, 0.4) is 0 Å². The molecule has 0 aliphatic carbocycles. The Balaban J connectivity index is 2.33. The molecule has 4 nitrogen and oxygen atoms in total. The van der Waals surface area contributed by atoms with E-state index in [1.54, 1.807) is 32.3 Å². The van der Waals surface area contributed by atoms with E-state index in [1.165, 1.54) is 4.31 Å². The fourth-order valence-electron chi connectivity index (χ4n) is 2.04. The SMILES string of the molecule is CNCCN(C)S(=O)(=O)c1cccc(-c2ccccc2)c1. The van der Waals surface area contributed by atoms with Crippen LogP contribution in [0.1, 0.15) is 0 Å². The fourth-order valence-corrected chi connectivity index (χ4v) is 3.25. The van der Waals surface area contributed by atoms with Gasteiger partial charge in [-0.3, -0.25) is 0 Å². The molecule has 0 unspecified atom stereocenters. The second-order valence-electron chi connectivity index (χ2n) is 4.82. The van der Waals surface area contributed by atoms with Crippen LogP contribution in [0.5, 0.6) is 0 Å². The summed E-state index contributed by atoms with van der Waals surface area (Å²) in [5.41, 5.74) is 1.91. The van der Waals surface area contributed by atoms with Crippen molar-refractivity contribution < 1.29 is 8.42 Å². The number of sulfonamides is 1. The summed E-state index contributed by atoms with van der Waals surface area (Å²) in [4.78, 5) is 0.322. The van der Waals surface area contributed by atoms with Crippen molar-refractivity contribution in [2.45, 2.75) is 4.90 Å². The van der Waals surface area contributed by atoms with Gasteiger partial charge in [0, 0.05) is 20.1 Å². The molecule has 0 fully saturated rings. The van der Waals surface area contributed by atoms with Crippen LogP contribution in [0.25, 0.3) is 11.1 Å². The minimum Gasteiger partial charge on any atom is -0.318 e. The third-order valence-corrected chi connectivity index (χ3v) is 5.18. The van der Waals surface area contributed by atoms with Gasteiger partial charge in [0.05, 0.1) is 4.90 Å².